The summed E-state index contributed by atoms with van der Waals surface area (Å²) in [5.74, 6) is -0.942. The molecule has 0 heterocycles. The standard InChI is InChI=1S/C59H96O6/c1-4-7-10-13-16-19-22-23-24-25-26-27-28-29-30-31-32-33-34-35-36-37-38-41-43-46-49-52-58(61)64-55-56(65-59(62)53-50-47-44-40-21-18-15-12-9-6-3)54-63-57(60)51-48-45-42-39-20-17-14-11-8-5-2/h7,10-12,14-16,19,23-24,26-27,29-30,32-33,35-36,56H,4-6,8-9,13,17-18,20-22,25,28,31,34,37-55H2,1-3H3/b10-7-,14-11-,15-12-,19-16-,24-23-,27-26-,30-29-,33-32-,36-35-. The van der Waals surface area contributed by atoms with E-state index >= 15 is 0 Å². The molecule has 0 spiro atoms. The summed E-state index contributed by atoms with van der Waals surface area (Å²) in [4.78, 5) is 37.8. The lowest BCUT2D eigenvalue weighted by Crippen LogP contribution is -2.30. The van der Waals surface area contributed by atoms with E-state index in [-0.39, 0.29) is 31.1 Å². The fourth-order valence-corrected chi connectivity index (χ4v) is 6.78. The van der Waals surface area contributed by atoms with Gasteiger partial charge in [-0.05, 0) is 116 Å². The van der Waals surface area contributed by atoms with Crippen molar-refractivity contribution in [1.29, 1.82) is 0 Å². The van der Waals surface area contributed by atoms with Gasteiger partial charge in [-0.1, -0.05) is 201 Å². The zero-order valence-electron chi connectivity index (χ0n) is 42.0. The Bertz CT molecular complexity index is 1360. The van der Waals surface area contributed by atoms with Crippen molar-refractivity contribution in [2.75, 3.05) is 13.2 Å². The fourth-order valence-electron chi connectivity index (χ4n) is 6.78. The van der Waals surface area contributed by atoms with Crippen molar-refractivity contribution in [3.8, 4) is 0 Å². The first-order chi connectivity index (χ1) is 32.0. The summed E-state index contributed by atoms with van der Waals surface area (Å²) < 4.78 is 16.7. The smallest absolute Gasteiger partial charge is 0.306 e. The van der Waals surface area contributed by atoms with Crippen LogP contribution in [-0.2, 0) is 28.6 Å². The van der Waals surface area contributed by atoms with Crippen molar-refractivity contribution >= 4 is 17.9 Å². The highest BCUT2D eigenvalue weighted by Crippen LogP contribution is 2.13. The van der Waals surface area contributed by atoms with Crippen molar-refractivity contribution in [3.05, 3.63) is 109 Å². The second-order valence-electron chi connectivity index (χ2n) is 17.0. The Hall–Kier alpha value is -3.93. The highest BCUT2D eigenvalue weighted by atomic mass is 16.6. The Morgan fingerprint density at radius 2 is 0.600 bits per heavy atom. The van der Waals surface area contributed by atoms with Gasteiger partial charge in [-0.15, -0.1) is 0 Å². The molecular weight excluding hydrogens is 805 g/mol. The first-order valence-electron chi connectivity index (χ1n) is 26.4. The minimum atomic E-state index is -0.793. The molecule has 0 aromatic rings. The van der Waals surface area contributed by atoms with Gasteiger partial charge in [0.25, 0.3) is 0 Å². The van der Waals surface area contributed by atoms with Gasteiger partial charge >= 0.3 is 17.9 Å². The normalized spacial score (nSPS) is 13.0. The minimum Gasteiger partial charge on any atom is -0.462 e. The van der Waals surface area contributed by atoms with Crippen molar-refractivity contribution < 1.29 is 28.6 Å². The van der Waals surface area contributed by atoms with Crippen LogP contribution in [0, 0.1) is 0 Å². The second-order valence-corrected chi connectivity index (χ2v) is 17.0. The molecule has 0 aromatic heterocycles. The van der Waals surface area contributed by atoms with Gasteiger partial charge in [0.05, 0.1) is 0 Å². The number of rotatable bonds is 46. The lowest BCUT2D eigenvalue weighted by atomic mass is 10.1. The molecule has 65 heavy (non-hydrogen) atoms. The van der Waals surface area contributed by atoms with Crippen LogP contribution in [0.2, 0.25) is 0 Å². The molecule has 1 unspecified atom stereocenters. The van der Waals surface area contributed by atoms with Crippen LogP contribution in [0.5, 0.6) is 0 Å². The molecule has 0 saturated carbocycles. The molecule has 0 radical (unpaired) electrons. The lowest BCUT2D eigenvalue weighted by Gasteiger charge is -2.18. The summed E-state index contributed by atoms with van der Waals surface area (Å²) in [5, 5.41) is 0. The number of hydrogen-bond acceptors (Lipinski definition) is 6. The molecule has 0 rings (SSSR count). The van der Waals surface area contributed by atoms with Gasteiger partial charge in [-0.25, -0.2) is 0 Å². The summed E-state index contributed by atoms with van der Waals surface area (Å²) >= 11 is 0. The Morgan fingerprint density at radius 3 is 0.954 bits per heavy atom. The highest BCUT2D eigenvalue weighted by molar-refractivity contribution is 5.71. The molecule has 368 valence electrons. The quantitative estimate of drug-likeness (QED) is 0.0262. The van der Waals surface area contributed by atoms with Crippen molar-refractivity contribution in [1.82, 2.24) is 0 Å². The Morgan fingerprint density at radius 1 is 0.323 bits per heavy atom. The Labute approximate surface area is 400 Å². The van der Waals surface area contributed by atoms with Gasteiger partial charge in [0, 0.05) is 19.3 Å². The van der Waals surface area contributed by atoms with Gasteiger partial charge in [0.2, 0.25) is 0 Å². The largest absolute Gasteiger partial charge is 0.462 e. The van der Waals surface area contributed by atoms with Gasteiger partial charge in [-0.2, -0.15) is 0 Å². The molecule has 0 aliphatic heterocycles. The molecule has 0 aliphatic rings. The third-order valence-corrected chi connectivity index (χ3v) is 10.7. The number of allylic oxidation sites excluding steroid dienone is 18. The molecule has 6 heteroatoms. The maximum Gasteiger partial charge on any atom is 0.306 e. The summed E-state index contributed by atoms with van der Waals surface area (Å²) in [6.07, 6.45) is 70.9. The Kier molecular flexibility index (Phi) is 49.5. The molecule has 0 saturated heterocycles. The van der Waals surface area contributed by atoms with E-state index in [9.17, 15) is 14.4 Å². The molecule has 0 fully saturated rings. The van der Waals surface area contributed by atoms with E-state index in [1.807, 2.05) is 0 Å². The monoisotopic (exact) mass is 901 g/mol. The predicted molar refractivity (Wildman–Crippen MR) is 279 cm³/mol. The fraction of sp³-hybridized carbons (Fsp3) is 0.644. The average Bonchev–Trinajstić information content (AvgIpc) is 3.30. The molecule has 0 aliphatic carbocycles. The van der Waals surface area contributed by atoms with Crippen LogP contribution in [0.25, 0.3) is 0 Å². The number of hydrogen-bond donors (Lipinski definition) is 0. The van der Waals surface area contributed by atoms with Crippen LogP contribution in [0.15, 0.2) is 109 Å². The number of esters is 3. The van der Waals surface area contributed by atoms with Crippen molar-refractivity contribution in [2.45, 2.75) is 232 Å². The topological polar surface area (TPSA) is 78.9 Å². The molecule has 0 aromatic carbocycles. The van der Waals surface area contributed by atoms with E-state index < -0.39 is 6.10 Å². The molecule has 0 amide bonds. The number of carbonyl (C=O) groups is 3. The van der Waals surface area contributed by atoms with E-state index in [4.69, 9.17) is 14.2 Å². The van der Waals surface area contributed by atoms with Crippen molar-refractivity contribution in [3.63, 3.8) is 0 Å². The summed E-state index contributed by atoms with van der Waals surface area (Å²) in [5.41, 5.74) is 0. The molecule has 6 nitrogen and oxygen atoms in total. The summed E-state index contributed by atoms with van der Waals surface area (Å²) in [6.45, 7) is 6.35. The minimum absolute atomic E-state index is 0.0939. The third-order valence-electron chi connectivity index (χ3n) is 10.7. The number of ether oxygens (including phenoxy) is 3. The van der Waals surface area contributed by atoms with Crippen molar-refractivity contribution in [2.24, 2.45) is 0 Å². The van der Waals surface area contributed by atoms with E-state index in [1.165, 1.54) is 25.7 Å². The number of carbonyl (C=O) groups excluding carboxylic acids is 3. The zero-order valence-corrected chi connectivity index (χ0v) is 42.0. The molecular formula is C59H96O6. The lowest BCUT2D eigenvalue weighted by molar-refractivity contribution is -0.167. The first-order valence-corrected chi connectivity index (χ1v) is 26.4. The van der Waals surface area contributed by atoms with E-state index in [0.29, 0.717) is 19.3 Å². The first kappa shape index (κ1) is 61.1. The van der Waals surface area contributed by atoms with Crippen LogP contribution in [-0.4, -0.2) is 37.2 Å². The predicted octanol–water partition coefficient (Wildman–Crippen LogP) is 17.5. The SMILES string of the molecule is CC/C=C\C/C=C\C/C=C\C/C=C\C/C=C\C/C=C\C/C=C\CCCCCCCC(=O)OCC(COC(=O)CCCCCCC/C=C\CCC)OC(=O)CCCCCCC/C=C\CCC. The van der Waals surface area contributed by atoms with E-state index in [1.54, 1.807) is 0 Å². The van der Waals surface area contributed by atoms with Gasteiger partial charge < -0.3 is 14.2 Å². The summed E-state index contributed by atoms with van der Waals surface area (Å²) in [7, 11) is 0. The van der Waals surface area contributed by atoms with Crippen LogP contribution >= 0.6 is 0 Å². The van der Waals surface area contributed by atoms with Crippen LogP contribution in [0.1, 0.15) is 226 Å². The maximum absolute atomic E-state index is 12.7. The summed E-state index contributed by atoms with van der Waals surface area (Å²) in [6, 6.07) is 0. The van der Waals surface area contributed by atoms with E-state index in [0.717, 1.165) is 161 Å². The Balaban J connectivity index is 4.27. The van der Waals surface area contributed by atoms with Gasteiger partial charge in [0.1, 0.15) is 13.2 Å². The third kappa shape index (κ3) is 50.9. The van der Waals surface area contributed by atoms with E-state index in [2.05, 4.69) is 130 Å². The van der Waals surface area contributed by atoms with Gasteiger partial charge in [-0.3, -0.25) is 14.4 Å². The van der Waals surface area contributed by atoms with Crippen LogP contribution in [0.3, 0.4) is 0 Å². The molecule has 0 bridgehead atoms. The van der Waals surface area contributed by atoms with Crippen LogP contribution in [0.4, 0.5) is 0 Å². The average molecular weight is 901 g/mol. The van der Waals surface area contributed by atoms with Crippen LogP contribution < -0.4 is 0 Å². The zero-order chi connectivity index (χ0) is 47.2. The van der Waals surface area contributed by atoms with Gasteiger partial charge in [0.15, 0.2) is 6.10 Å². The molecule has 1 atom stereocenters. The molecule has 0 N–H and O–H groups in total. The number of unbranched alkanes of at least 4 members (excludes halogenated alkanes) is 17. The second kappa shape index (κ2) is 52.7. The maximum atomic E-state index is 12.7. The highest BCUT2D eigenvalue weighted by Gasteiger charge is 2.19.